The van der Waals surface area contributed by atoms with Gasteiger partial charge in [-0.05, 0) is 44.0 Å². The molecule has 0 bridgehead atoms. The Morgan fingerprint density at radius 2 is 1.83 bits per heavy atom. The molecule has 0 unspecified atom stereocenters. The lowest BCUT2D eigenvalue weighted by molar-refractivity contribution is -0.120. The van der Waals surface area contributed by atoms with Crippen LogP contribution in [0.2, 0.25) is 0 Å². The molecule has 1 amide bonds. The van der Waals surface area contributed by atoms with Crippen molar-refractivity contribution in [3.8, 4) is 5.75 Å². The second kappa shape index (κ2) is 7.01. The smallest absolute Gasteiger partial charge is 0.286 e. The minimum atomic E-state index is -0.275. The van der Waals surface area contributed by atoms with E-state index in [0.717, 1.165) is 16.9 Å². The van der Waals surface area contributed by atoms with Crippen LogP contribution in [-0.2, 0) is 11.3 Å². The Bertz CT molecular complexity index is 939. The first-order valence-corrected chi connectivity index (χ1v) is 8.76. The lowest BCUT2D eigenvalue weighted by Crippen LogP contribution is -2.19. The molecule has 5 heteroatoms. The molecule has 3 aromatic rings. The fraction of sp³-hybridized carbons (Fsp3) is 0.263. The van der Waals surface area contributed by atoms with Crippen LogP contribution in [0.3, 0.4) is 0 Å². The van der Waals surface area contributed by atoms with Crippen molar-refractivity contribution in [2.24, 2.45) is 4.99 Å². The van der Waals surface area contributed by atoms with Crippen molar-refractivity contribution in [2.45, 2.75) is 27.3 Å². The Balaban J connectivity index is 1.93. The molecule has 0 fully saturated rings. The first-order valence-electron chi connectivity index (χ1n) is 7.95. The van der Waals surface area contributed by atoms with Gasteiger partial charge in [-0.1, -0.05) is 41.7 Å². The van der Waals surface area contributed by atoms with Crippen LogP contribution in [0.4, 0.5) is 0 Å². The van der Waals surface area contributed by atoms with E-state index in [1.165, 1.54) is 15.8 Å². The zero-order valence-corrected chi connectivity index (χ0v) is 14.9. The second-order valence-corrected chi connectivity index (χ2v) is 6.59. The summed E-state index contributed by atoms with van der Waals surface area (Å²) in [6, 6.07) is 13.5. The Labute approximate surface area is 145 Å². The van der Waals surface area contributed by atoms with Gasteiger partial charge in [-0.15, -0.1) is 0 Å². The number of benzene rings is 2. The van der Waals surface area contributed by atoms with Crippen LogP contribution in [0.25, 0.3) is 10.2 Å². The highest BCUT2D eigenvalue weighted by molar-refractivity contribution is 7.16. The number of fused-ring (bicyclic) bond motifs is 1. The molecule has 4 nitrogen and oxygen atoms in total. The van der Waals surface area contributed by atoms with Crippen LogP contribution < -0.4 is 9.54 Å². The normalized spacial score (nSPS) is 11.9. The van der Waals surface area contributed by atoms with Gasteiger partial charge in [0.25, 0.3) is 5.91 Å². The molecule has 0 aliphatic rings. The van der Waals surface area contributed by atoms with E-state index >= 15 is 0 Å². The number of thiazole rings is 1. The summed E-state index contributed by atoms with van der Waals surface area (Å²) < 4.78 is 8.77. The van der Waals surface area contributed by atoms with Crippen LogP contribution in [0.1, 0.15) is 18.1 Å². The van der Waals surface area contributed by atoms with E-state index in [2.05, 4.69) is 42.5 Å². The van der Waals surface area contributed by atoms with Crippen LogP contribution in [-0.4, -0.2) is 17.1 Å². The summed E-state index contributed by atoms with van der Waals surface area (Å²) in [7, 11) is 0. The zero-order valence-electron chi connectivity index (χ0n) is 14.1. The van der Waals surface area contributed by atoms with E-state index in [4.69, 9.17) is 4.74 Å². The van der Waals surface area contributed by atoms with Gasteiger partial charge in [0.15, 0.2) is 11.4 Å². The maximum Gasteiger partial charge on any atom is 0.286 e. The molecule has 2 aromatic carbocycles. The number of hydrogen-bond acceptors (Lipinski definition) is 3. The fourth-order valence-electron chi connectivity index (χ4n) is 2.65. The van der Waals surface area contributed by atoms with Gasteiger partial charge >= 0.3 is 0 Å². The molecular formula is C19H20N2O2S. The number of aromatic nitrogens is 1. The van der Waals surface area contributed by atoms with Crippen molar-refractivity contribution in [1.29, 1.82) is 0 Å². The Hall–Kier alpha value is -2.40. The SMILES string of the molecule is CCn1c(=NC(=O)COc2ccccc2)sc2c(C)ccc(C)c21. The highest BCUT2D eigenvalue weighted by atomic mass is 32.1. The first kappa shape index (κ1) is 16.5. The van der Waals surface area contributed by atoms with Gasteiger partial charge in [-0.2, -0.15) is 4.99 Å². The number of hydrogen-bond donors (Lipinski definition) is 0. The lowest BCUT2D eigenvalue weighted by atomic mass is 10.1. The number of carbonyl (C=O) groups excluding carboxylic acids is 1. The molecular weight excluding hydrogens is 320 g/mol. The van der Waals surface area contributed by atoms with Crippen molar-refractivity contribution < 1.29 is 9.53 Å². The van der Waals surface area contributed by atoms with Gasteiger partial charge in [0.2, 0.25) is 0 Å². The van der Waals surface area contributed by atoms with Crippen LogP contribution >= 0.6 is 11.3 Å². The molecule has 0 saturated carbocycles. The number of nitrogens with zero attached hydrogens (tertiary/aromatic N) is 2. The van der Waals surface area contributed by atoms with Crippen molar-refractivity contribution in [1.82, 2.24) is 4.57 Å². The Morgan fingerprint density at radius 1 is 1.12 bits per heavy atom. The van der Waals surface area contributed by atoms with Crippen molar-refractivity contribution in [3.63, 3.8) is 0 Å². The summed E-state index contributed by atoms with van der Waals surface area (Å²) in [5.74, 6) is 0.398. The van der Waals surface area contributed by atoms with Gasteiger partial charge in [0.05, 0.1) is 10.2 Å². The van der Waals surface area contributed by atoms with Crippen LogP contribution in [0, 0.1) is 13.8 Å². The summed E-state index contributed by atoms with van der Waals surface area (Å²) in [6.45, 7) is 6.96. The minimum Gasteiger partial charge on any atom is -0.484 e. The second-order valence-electron chi connectivity index (χ2n) is 5.61. The number of rotatable bonds is 4. The summed E-state index contributed by atoms with van der Waals surface area (Å²) in [5, 5.41) is 0. The molecule has 24 heavy (non-hydrogen) atoms. The third-order valence-corrected chi connectivity index (χ3v) is 5.08. The van der Waals surface area contributed by atoms with Gasteiger partial charge < -0.3 is 9.30 Å². The average molecular weight is 340 g/mol. The van der Waals surface area contributed by atoms with Crippen LogP contribution in [0.5, 0.6) is 5.75 Å². The van der Waals surface area contributed by atoms with Crippen LogP contribution in [0.15, 0.2) is 47.5 Å². The summed E-state index contributed by atoms with van der Waals surface area (Å²) >= 11 is 1.56. The molecule has 0 saturated heterocycles. The number of amides is 1. The molecule has 1 aromatic heterocycles. The Kier molecular flexibility index (Phi) is 4.81. The number of carbonyl (C=O) groups is 1. The largest absolute Gasteiger partial charge is 0.484 e. The molecule has 0 aliphatic carbocycles. The molecule has 3 rings (SSSR count). The zero-order chi connectivity index (χ0) is 17.1. The number of para-hydroxylation sites is 1. The summed E-state index contributed by atoms with van der Waals surface area (Å²) in [4.78, 5) is 17.2. The monoisotopic (exact) mass is 340 g/mol. The van der Waals surface area contributed by atoms with Gasteiger partial charge in [-0.3, -0.25) is 4.79 Å². The van der Waals surface area contributed by atoms with Gasteiger partial charge in [0.1, 0.15) is 5.75 Å². The topological polar surface area (TPSA) is 43.6 Å². The van der Waals surface area contributed by atoms with Gasteiger partial charge in [0, 0.05) is 6.54 Å². The van der Waals surface area contributed by atoms with Crippen molar-refractivity contribution in [2.75, 3.05) is 6.61 Å². The molecule has 0 atom stereocenters. The maximum absolute atomic E-state index is 12.2. The Morgan fingerprint density at radius 3 is 2.54 bits per heavy atom. The highest BCUT2D eigenvalue weighted by Crippen LogP contribution is 2.24. The molecule has 0 N–H and O–H groups in total. The highest BCUT2D eigenvalue weighted by Gasteiger charge is 2.11. The number of ether oxygens (including phenoxy) is 1. The lowest BCUT2D eigenvalue weighted by Gasteiger charge is -2.05. The third kappa shape index (κ3) is 3.26. The van der Waals surface area contributed by atoms with E-state index in [1.807, 2.05) is 30.3 Å². The standard InChI is InChI=1S/C19H20N2O2S/c1-4-21-17-13(2)10-11-14(3)18(17)24-19(21)20-16(22)12-23-15-8-6-5-7-9-15/h5-11H,4,12H2,1-3H3. The summed E-state index contributed by atoms with van der Waals surface area (Å²) in [6.07, 6.45) is 0. The molecule has 0 radical (unpaired) electrons. The van der Waals surface area contributed by atoms with Gasteiger partial charge in [-0.25, -0.2) is 0 Å². The first-order chi connectivity index (χ1) is 11.6. The van der Waals surface area contributed by atoms with E-state index in [-0.39, 0.29) is 12.5 Å². The third-order valence-electron chi connectivity index (χ3n) is 3.87. The van der Waals surface area contributed by atoms with E-state index in [9.17, 15) is 4.79 Å². The molecule has 0 aliphatic heterocycles. The van der Waals surface area contributed by atoms with E-state index < -0.39 is 0 Å². The van der Waals surface area contributed by atoms with E-state index in [0.29, 0.717) is 5.75 Å². The van der Waals surface area contributed by atoms with Crippen molar-refractivity contribution in [3.05, 3.63) is 58.4 Å². The summed E-state index contributed by atoms with van der Waals surface area (Å²) in [5.41, 5.74) is 3.57. The predicted molar refractivity (Wildman–Crippen MR) is 97.5 cm³/mol. The minimum absolute atomic E-state index is 0.0556. The van der Waals surface area contributed by atoms with Crippen molar-refractivity contribution >= 4 is 27.5 Å². The molecule has 1 heterocycles. The number of aryl methyl sites for hydroxylation is 3. The average Bonchev–Trinajstić information content (AvgIpc) is 2.96. The quantitative estimate of drug-likeness (QED) is 0.724. The predicted octanol–water partition coefficient (Wildman–Crippen LogP) is 3.85. The van der Waals surface area contributed by atoms with E-state index in [1.54, 1.807) is 11.3 Å². The molecule has 0 spiro atoms. The maximum atomic E-state index is 12.2. The molecule has 124 valence electrons. The fourth-order valence-corrected chi connectivity index (χ4v) is 3.91.